The Morgan fingerprint density at radius 3 is 2.59 bits per heavy atom. The van der Waals surface area contributed by atoms with Crippen LogP contribution in [0.2, 0.25) is 5.02 Å². The van der Waals surface area contributed by atoms with E-state index in [1.54, 1.807) is 11.0 Å². The molecule has 0 aromatic heterocycles. The summed E-state index contributed by atoms with van der Waals surface area (Å²) in [6, 6.07) is 13.5. The van der Waals surface area contributed by atoms with E-state index in [0.29, 0.717) is 17.5 Å². The van der Waals surface area contributed by atoms with Gasteiger partial charge in [0.25, 0.3) is 0 Å². The SMILES string of the molecule is CC[C@@H](C)c1ccc(NC(=O)[C@H]2CC(=O)N(c3ccc(C)c(Cl)c3)C2)cc1. The molecule has 4 nitrogen and oxygen atoms in total. The predicted octanol–water partition coefficient (Wildman–Crippen LogP) is 5.15. The highest BCUT2D eigenvalue weighted by Crippen LogP contribution is 2.29. The molecule has 2 amide bonds. The summed E-state index contributed by atoms with van der Waals surface area (Å²) < 4.78 is 0. The van der Waals surface area contributed by atoms with Crippen LogP contribution in [-0.2, 0) is 9.59 Å². The second kappa shape index (κ2) is 8.13. The van der Waals surface area contributed by atoms with Crippen molar-refractivity contribution in [1.82, 2.24) is 0 Å². The van der Waals surface area contributed by atoms with Crippen LogP contribution in [0.15, 0.2) is 42.5 Å². The van der Waals surface area contributed by atoms with Crippen LogP contribution in [0.5, 0.6) is 0 Å². The van der Waals surface area contributed by atoms with Crippen LogP contribution in [0.25, 0.3) is 0 Å². The highest BCUT2D eigenvalue weighted by molar-refractivity contribution is 6.31. The predicted molar refractivity (Wildman–Crippen MR) is 110 cm³/mol. The largest absolute Gasteiger partial charge is 0.326 e. The van der Waals surface area contributed by atoms with Crippen LogP contribution in [0.3, 0.4) is 0 Å². The van der Waals surface area contributed by atoms with E-state index in [-0.39, 0.29) is 24.2 Å². The van der Waals surface area contributed by atoms with Crippen LogP contribution in [0.1, 0.15) is 43.7 Å². The van der Waals surface area contributed by atoms with Crippen molar-refractivity contribution in [1.29, 1.82) is 0 Å². The molecule has 1 aliphatic heterocycles. The molecule has 142 valence electrons. The number of hydrogen-bond acceptors (Lipinski definition) is 2. The molecular weight excluding hydrogens is 360 g/mol. The number of aryl methyl sites for hydroxylation is 1. The van der Waals surface area contributed by atoms with E-state index in [0.717, 1.165) is 23.4 Å². The lowest BCUT2D eigenvalue weighted by Crippen LogP contribution is -2.28. The monoisotopic (exact) mass is 384 g/mol. The molecule has 0 aliphatic carbocycles. The number of rotatable bonds is 5. The number of halogens is 1. The van der Waals surface area contributed by atoms with Crippen LogP contribution in [0.4, 0.5) is 11.4 Å². The zero-order chi connectivity index (χ0) is 19.6. The molecule has 1 saturated heterocycles. The van der Waals surface area contributed by atoms with Crippen molar-refractivity contribution in [2.75, 3.05) is 16.8 Å². The summed E-state index contributed by atoms with van der Waals surface area (Å²) in [4.78, 5) is 26.7. The third-order valence-electron chi connectivity index (χ3n) is 5.32. The average Bonchev–Trinajstić information content (AvgIpc) is 3.06. The molecule has 0 bridgehead atoms. The van der Waals surface area contributed by atoms with Gasteiger partial charge in [0, 0.05) is 29.4 Å². The molecular formula is C22H25ClN2O2. The lowest BCUT2D eigenvalue weighted by molar-refractivity contribution is -0.122. The molecule has 2 aromatic carbocycles. The van der Waals surface area contributed by atoms with E-state index in [1.807, 2.05) is 43.3 Å². The second-order valence-electron chi connectivity index (χ2n) is 7.26. The lowest BCUT2D eigenvalue weighted by Gasteiger charge is -2.17. The highest BCUT2D eigenvalue weighted by Gasteiger charge is 2.35. The second-order valence-corrected chi connectivity index (χ2v) is 7.67. The van der Waals surface area contributed by atoms with Crippen molar-refractivity contribution in [3.8, 4) is 0 Å². The summed E-state index contributed by atoms with van der Waals surface area (Å²) in [7, 11) is 0. The molecule has 0 radical (unpaired) electrons. The zero-order valence-corrected chi connectivity index (χ0v) is 16.7. The van der Waals surface area contributed by atoms with Crippen molar-refractivity contribution < 1.29 is 9.59 Å². The lowest BCUT2D eigenvalue weighted by atomic mass is 9.98. The molecule has 0 unspecified atom stereocenters. The van der Waals surface area contributed by atoms with E-state index in [2.05, 4.69) is 19.2 Å². The number of nitrogens with one attached hydrogen (secondary N) is 1. The first kappa shape index (κ1) is 19.4. The van der Waals surface area contributed by atoms with Gasteiger partial charge in [-0.25, -0.2) is 0 Å². The Bertz CT molecular complexity index is 848. The number of carbonyl (C=O) groups is 2. The minimum absolute atomic E-state index is 0.0535. The fraction of sp³-hybridized carbons (Fsp3) is 0.364. The number of benzene rings is 2. The van der Waals surface area contributed by atoms with Gasteiger partial charge in [-0.15, -0.1) is 0 Å². The van der Waals surface area contributed by atoms with Crippen LogP contribution in [0, 0.1) is 12.8 Å². The molecule has 2 aromatic rings. The molecule has 1 fully saturated rings. The Morgan fingerprint density at radius 1 is 1.26 bits per heavy atom. The normalized spacial score (nSPS) is 17.9. The Kier molecular flexibility index (Phi) is 5.85. The van der Waals surface area contributed by atoms with Gasteiger partial charge in [0.2, 0.25) is 11.8 Å². The third kappa shape index (κ3) is 4.33. The quantitative estimate of drug-likeness (QED) is 0.774. The van der Waals surface area contributed by atoms with Crippen molar-refractivity contribution >= 4 is 34.8 Å². The Labute approximate surface area is 165 Å². The summed E-state index contributed by atoms with van der Waals surface area (Å²) in [5.74, 6) is -0.0496. The highest BCUT2D eigenvalue weighted by atomic mass is 35.5. The van der Waals surface area contributed by atoms with Gasteiger partial charge in [-0.1, -0.05) is 43.6 Å². The number of hydrogen-bond donors (Lipinski definition) is 1. The minimum atomic E-state index is -0.369. The van der Waals surface area contributed by atoms with Crippen LogP contribution < -0.4 is 10.2 Å². The Balaban J connectivity index is 1.66. The zero-order valence-electron chi connectivity index (χ0n) is 16.0. The van der Waals surface area contributed by atoms with E-state index >= 15 is 0 Å². The molecule has 2 atom stereocenters. The maximum atomic E-state index is 12.6. The van der Waals surface area contributed by atoms with Crippen molar-refractivity contribution in [3.63, 3.8) is 0 Å². The van der Waals surface area contributed by atoms with Crippen molar-refractivity contribution in [3.05, 3.63) is 58.6 Å². The molecule has 5 heteroatoms. The summed E-state index contributed by atoms with van der Waals surface area (Å²) in [5, 5.41) is 3.56. The van der Waals surface area contributed by atoms with Gasteiger partial charge in [0.05, 0.1) is 5.92 Å². The first-order chi connectivity index (χ1) is 12.9. The van der Waals surface area contributed by atoms with E-state index < -0.39 is 0 Å². The summed E-state index contributed by atoms with van der Waals surface area (Å²) in [5.41, 5.74) is 3.72. The number of carbonyl (C=O) groups excluding carboxylic acids is 2. The molecule has 1 aliphatic rings. The van der Waals surface area contributed by atoms with E-state index in [9.17, 15) is 9.59 Å². The Morgan fingerprint density at radius 2 is 1.96 bits per heavy atom. The number of nitrogens with zero attached hydrogens (tertiary/aromatic N) is 1. The molecule has 0 saturated carbocycles. The van der Waals surface area contributed by atoms with Crippen molar-refractivity contribution in [2.45, 2.75) is 39.5 Å². The van der Waals surface area contributed by atoms with Crippen LogP contribution in [-0.4, -0.2) is 18.4 Å². The third-order valence-corrected chi connectivity index (χ3v) is 5.73. The smallest absolute Gasteiger partial charge is 0.229 e. The first-order valence-electron chi connectivity index (χ1n) is 9.36. The maximum absolute atomic E-state index is 12.6. The average molecular weight is 385 g/mol. The molecule has 27 heavy (non-hydrogen) atoms. The van der Waals surface area contributed by atoms with Crippen molar-refractivity contribution in [2.24, 2.45) is 5.92 Å². The first-order valence-corrected chi connectivity index (χ1v) is 9.74. The van der Waals surface area contributed by atoms with Gasteiger partial charge < -0.3 is 10.2 Å². The van der Waals surface area contributed by atoms with Crippen LogP contribution >= 0.6 is 11.6 Å². The molecule has 0 spiro atoms. The topological polar surface area (TPSA) is 49.4 Å². The minimum Gasteiger partial charge on any atom is -0.326 e. The summed E-state index contributed by atoms with van der Waals surface area (Å²) >= 11 is 6.17. The summed E-state index contributed by atoms with van der Waals surface area (Å²) in [6.45, 7) is 6.63. The van der Waals surface area contributed by atoms with Gasteiger partial charge in [-0.05, 0) is 54.7 Å². The fourth-order valence-electron chi connectivity index (χ4n) is 3.26. The van der Waals surface area contributed by atoms with Gasteiger partial charge in [0.1, 0.15) is 0 Å². The number of anilines is 2. The maximum Gasteiger partial charge on any atom is 0.229 e. The molecule has 1 heterocycles. The number of amides is 2. The molecule has 1 N–H and O–H groups in total. The standard InChI is InChI=1S/C22H25ClN2O2/c1-4-14(2)16-6-8-18(9-7-16)24-22(27)17-11-21(26)25(13-17)19-10-5-15(3)20(23)12-19/h5-10,12,14,17H,4,11,13H2,1-3H3,(H,24,27)/t14-,17+/m1/s1. The fourth-order valence-corrected chi connectivity index (χ4v) is 3.43. The van der Waals surface area contributed by atoms with Gasteiger partial charge >= 0.3 is 0 Å². The van der Waals surface area contributed by atoms with E-state index in [4.69, 9.17) is 11.6 Å². The molecule has 3 rings (SSSR count). The summed E-state index contributed by atoms with van der Waals surface area (Å²) in [6.07, 6.45) is 1.29. The Hall–Kier alpha value is -2.33. The van der Waals surface area contributed by atoms with Gasteiger partial charge in [-0.3, -0.25) is 9.59 Å². The van der Waals surface area contributed by atoms with Gasteiger partial charge in [0.15, 0.2) is 0 Å². The van der Waals surface area contributed by atoms with Gasteiger partial charge in [-0.2, -0.15) is 0 Å². The van der Waals surface area contributed by atoms with E-state index in [1.165, 1.54) is 5.56 Å².